The van der Waals surface area contributed by atoms with Gasteiger partial charge in [-0.3, -0.25) is 0 Å². The van der Waals surface area contributed by atoms with E-state index in [9.17, 15) is 10.4 Å². The second-order valence-electron chi connectivity index (χ2n) is 8.94. The SMILES string of the molecule is Cc1ccc(N=NN([O-])C(C)(C)C)cc1.Cc1ccc(N=NN([O-])C(C)(C)C)cc1.[Pd+2]. The van der Waals surface area contributed by atoms with E-state index in [0.717, 1.165) is 11.1 Å². The molecule has 0 saturated carbocycles. The second kappa shape index (κ2) is 12.6. The maximum Gasteiger partial charge on any atom is 2.00 e. The van der Waals surface area contributed by atoms with E-state index < -0.39 is 11.1 Å². The van der Waals surface area contributed by atoms with Gasteiger partial charge in [-0.1, -0.05) is 45.8 Å². The third-order valence-electron chi connectivity index (χ3n) is 3.70. The van der Waals surface area contributed by atoms with Gasteiger partial charge in [-0.2, -0.15) is 0 Å². The molecule has 172 valence electrons. The third-order valence-corrected chi connectivity index (χ3v) is 3.70. The Morgan fingerprint density at radius 2 is 0.839 bits per heavy atom. The molecule has 0 aliphatic rings. The number of hydrogen-bond donors (Lipinski definition) is 0. The minimum Gasteiger partial charge on any atom is -0.740 e. The van der Waals surface area contributed by atoms with Gasteiger partial charge in [0, 0.05) is 11.1 Å². The quantitative estimate of drug-likeness (QED) is 0.243. The van der Waals surface area contributed by atoms with Gasteiger partial charge in [-0.15, -0.1) is 10.2 Å². The van der Waals surface area contributed by atoms with Gasteiger partial charge in [-0.05, 0) is 79.7 Å². The summed E-state index contributed by atoms with van der Waals surface area (Å²) in [5.74, 6) is 0. The minimum atomic E-state index is -0.547. The predicted molar refractivity (Wildman–Crippen MR) is 121 cm³/mol. The van der Waals surface area contributed by atoms with E-state index in [4.69, 9.17) is 0 Å². The van der Waals surface area contributed by atoms with Gasteiger partial charge in [0.2, 0.25) is 0 Å². The van der Waals surface area contributed by atoms with Crippen LogP contribution in [0.4, 0.5) is 11.4 Å². The monoisotopic (exact) mass is 518 g/mol. The van der Waals surface area contributed by atoms with Crippen molar-refractivity contribution in [3.8, 4) is 0 Å². The summed E-state index contributed by atoms with van der Waals surface area (Å²) in [5.41, 5.74) is 2.59. The summed E-state index contributed by atoms with van der Waals surface area (Å²) < 4.78 is 0. The van der Waals surface area contributed by atoms with Crippen LogP contribution >= 0.6 is 0 Å². The van der Waals surface area contributed by atoms with Gasteiger partial charge < -0.3 is 20.8 Å². The number of rotatable bonds is 4. The van der Waals surface area contributed by atoms with Crippen molar-refractivity contribution in [1.29, 1.82) is 0 Å². The Kier molecular flexibility index (Phi) is 11.7. The molecule has 0 saturated heterocycles. The first-order chi connectivity index (χ1) is 13.8. The van der Waals surface area contributed by atoms with Crippen molar-refractivity contribution in [3.05, 3.63) is 70.1 Å². The Morgan fingerprint density at radius 3 is 1.06 bits per heavy atom. The summed E-state index contributed by atoms with van der Waals surface area (Å²) in [4.78, 5) is 0. The van der Waals surface area contributed by atoms with Crippen molar-refractivity contribution in [2.45, 2.75) is 66.5 Å². The van der Waals surface area contributed by atoms with E-state index in [-0.39, 0.29) is 20.4 Å². The fourth-order valence-corrected chi connectivity index (χ4v) is 1.68. The first-order valence-electron chi connectivity index (χ1n) is 9.70. The molecule has 0 aliphatic heterocycles. The van der Waals surface area contributed by atoms with Crippen molar-refractivity contribution in [2.24, 2.45) is 20.7 Å². The van der Waals surface area contributed by atoms with E-state index in [1.54, 1.807) is 41.5 Å². The second-order valence-corrected chi connectivity index (χ2v) is 8.94. The number of nitrogens with zero attached hydrogens (tertiary/aromatic N) is 6. The maximum atomic E-state index is 11.4. The van der Waals surface area contributed by atoms with Gasteiger partial charge in [0.05, 0.1) is 11.4 Å². The van der Waals surface area contributed by atoms with Gasteiger partial charge >= 0.3 is 20.4 Å². The molecular formula is C22H32N6O2Pd. The molecule has 9 heteroatoms. The van der Waals surface area contributed by atoms with Gasteiger partial charge in [-0.25, -0.2) is 0 Å². The van der Waals surface area contributed by atoms with Crippen LogP contribution in [0.5, 0.6) is 0 Å². The molecule has 0 aromatic heterocycles. The van der Waals surface area contributed by atoms with Crippen LogP contribution in [-0.4, -0.2) is 21.4 Å². The molecule has 0 aliphatic carbocycles. The zero-order valence-corrected chi connectivity index (χ0v) is 21.0. The first kappa shape index (κ1) is 28.8. The summed E-state index contributed by atoms with van der Waals surface area (Å²) in [6, 6.07) is 15.0. The Hall–Kier alpha value is -2.18. The largest absolute Gasteiger partial charge is 2.00 e. The van der Waals surface area contributed by atoms with E-state index in [1.165, 1.54) is 0 Å². The average molecular weight is 519 g/mol. The molecule has 0 fully saturated rings. The van der Waals surface area contributed by atoms with Crippen molar-refractivity contribution in [1.82, 2.24) is 10.3 Å². The molecule has 0 spiro atoms. The van der Waals surface area contributed by atoms with Crippen LogP contribution in [0.2, 0.25) is 0 Å². The summed E-state index contributed by atoms with van der Waals surface area (Å²) in [7, 11) is 0. The molecule has 0 N–H and O–H groups in total. The van der Waals surface area contributed by atoms with Crippen LogP contribution in [-0.2, 0) is 20.4 Å². The number of hydrogen-bond acceptors (Lipinski definition) is 6. The van der Waals surface area contributed by atoms with Gasteiger partial charge in [0.1, 0.15) is 0 Å². The Morgan fingerprint density at radius 1 is 0.581 bits per heavy atom. The van der Waals surface area contributed by atoms with E-state index >= 15 is 0 Å². The molecule has 0 heterocycles. The van der Waals surface area contributed by atoms with Crippen molar-refractivity contribution in [2.75, 3.05) is 0 Å². The molecule has 31 heavy (non-hydrogen) atoms. The molecule has 0 amide bonds. The van der Waals surface area contributed by atoms with E-state index in [1.807, 2.05) is 62.4 Å². The molecular weight excluding hydrogens is 487 g/mol. The number of hydroxylamine groups is 2. The topological polar surface area (TPSA) is 102 Å². The molecule has 0 radical (unpaired) electrons. The Bertz CT molecular complexity index is 754. The molecule has 2 aromatic carbocycles. The number of benzene rings is 2. The van der Waals surface area contributed by atoms with Crippen LogP contribution < -0.4 is 0 Å². The molecule has 0 atom stereocenters. The molecule has 2 rings (SSSR count). The van der Waals surface area contributed by atoms with Crippen molar-refractivity contribution < 1.29 is 20.4 Å². The minimum absolute atomic E-state index is 0. The summed E-state index contributed by atoms with van der Waals surface area (Å²) >= 11 is 0. The summed E-state index contributed by atoms with van der Waals surface area (Å²) in [5, 5.41) is 38.8. The molecule has 2 aromatic rings. The Balaban J connectivity index is 0.000000562. The number of aryl methyl sites for hydroxylation is 2. The summed E-state index contributed by atoms with van der Waals surface area (Å²) in [6.45, 7) is 14.7. The van der Waals surface area contributed by atoms with E-state index in [2.05, 4.69) is 20.7 Å². The van der Waals surface area contributed by atoms with Crippen LogP contribution in [0, 0.1) is 24.3 Å². The molecule has 8 nitrogen and oxygen atoms in total. The molecule has 0 unspecified atom stereocenters. The normalized spacial score (nSPS) is 11.7. The van der Waals surface area contributed by atoms with Crippen LogP contribution in [0.1, 0.15) is 52.7 Å². The molecule has 0 bridgehead atoms. The van der Waals surface area contributed by atoms with Gasteiger partial charge in [0.25, 0.3) is 0 Å². The van der Waals surface area contributed by atoms with Crippen LogP contribution in [0.25, 0.3) is 0 Å². The Labute approximate surface area is 199 Å². The summed E-state index contributed by atoms with van der Waals surface area (Å²) in [6.07, 6.45) is 0. The zero-order chi connectivity index (χ0) is 22.9. The maximum absolute atomic E-state index is 11.4. The van der Waals surface area contributed by atoms with E-state index in [0.29, 0.717) is 21.7 Å². The van der Waals surface area contributed by atoms with Crippen LogP contribution in [0.3, 0.4) is 0 Å². The van der Waals surface area contributed by atoms with Crippen LogP contribution in [0.15, 0.2) is 69.2 Å². The third kappa shape index (κ3) is 11.7. The standard InChI is InChI=1S/2C11H16N3O.Pd/c2*1-9-5-7-10(8-6-9)12-13-14(15)11(2,3)4;/h2*5-8H,1-4H3;/q2*-1;+2. The fraction of sp³-hybridized carbons (Fsp3) is 0.455. The van der Waals surface area contributed by atoms with Gasteiger partial charge in [0.15, 0.2) is 0 Å². The smallest absolute Gasteiger partial charge is 0.740 e. The zero-order valence-electron chi connectivity index (χ0n) is 19.4. The predicted octanol–water partition coefficient (Wildman–Crippen LogP) is 7.18. The average Bonchev–Trinajstić information content (AvgIpc) is 2.65. The first-order valence-corrected chi connectivity index (χ1v) is 9.70. The van der Waals surface area contributed by atoms with Crippen molar-refractivity contribution >= 4 is 11.4 Å². The fourth-order valence-electron chi connectivity index (χ4n) is 1.68. The van der Waals surface area contributed by atoms with Crippen molar-refractivity contribution in [3.63, 3.8) is 0 Å².